The molecule has 1 aliphatic carbocycles. The average molecular weight is 708 g/mol. The Morgan fingerprint density at radius 2 is 1.78 bits per heavy atom. The van der Waals surface area contributed by atoms with Gasteiger partial charge in [0.25, 0.3) is 5.91 Å². The number of nitrogens with zero attached hydrogens (tertiary/aromatic N) is 3. The van der Waals surface area contributed by atoms with Crippen molar-refractivity contribution in [3.63, 3.8) is 0 Å². The Kier molecular flexibility index (Phi) is 16.4. The minimum Gasteiger partial charge on any atom is -0.469 e. The molecule has 13 heteroatoms. The van der Waals surface area contributed by atoms with Crippen LogP contribution >= 0.6 is 11.3 Å². The highest BCUT2D eigenvalue weighted by molar-refractivity contribution is 7.09. The Morgan fingerprint density at radius 1 is 1.08 bits per heavy atom. The van der Waals surface area contributed by atoms with E-state index in [2.05, 4.69) is 27.4 Å². The summed E-state index contributed by atoms with van der Waals surface area (Å²) in [4.78, 5) is 60.1. The van der Waals surface area contributed by atoms with E-state index in [-0.39, 0.29) is 59.4 Å². The number of likely N-dealkylation sites (N-methyl/N-ethyl adjacent to an activating group) is 1. The molecule has 0 bridgehead atoms. The van der Waals surface area contributed by atoms with Crippen LogP contribution in [0.4, 0.5) is 0 Å². The number of aromatic nitrogens is 1. The second-order valence-corrected chi connectivity index (χ2v) is 15.4. The second-order valence-electron chi connectivity index (χ2n) is 14.5. The molecule has 1 unspecified atom stereocenters. The smallest absolute Gasteiger partial charge is 0.308 e. The number of ether oxygens (including phenoxy) is 2. The Labute approximate surface area is 297 Å². The van der Waals surface area contributed by atoms with Crippen LogP contribution in [-0.4, -0.2) is 101 Å². The lowest BCUT2D eigenvalue weighted by atomic mass is 9.86. The van der Waals surface area contributed by atoms with Gasteiger partial charge < -0.3 is 24.8 Å². The van der Waals surface area contributed by atoms with Crippen LogP contribution in [0.15, 0.2) is 5.38 Å². The lowest BCUT2D eigenvalue weighted by Gasteiger charge is -2.41. The number of nitrogens with one attached hydrogen (secondary N) is 2. The number of hydrogen-bond donors (Lipinski definition) is 3. The first-order valence-electron chi connectivity index (χ1n) is 18.2. The van der Waals surface area contributed by atoms with Crippen molar-refractivity contribution in [2.45, 2.75) is 142 Å². The summed E-state index contributed by atoms with van der Waals surface area (Å²) in [6, 6.07) is -1.04. The molecule has 1 aromatic heterocycles. The van der Waals surface area contributed by atoms with Gasteiger partial charge in [0.15, 0.2) is 6.10 Å². The quantitative estimate of drug-likeness (QED) is 0.154. The van der Waals surface area contributed by atoms with Gasteiger partial charge in [-0.3, -0.25) is 29.4 Å². The Morgan fingerprint density at radius 3 is 2.37 bits per heavy atom. The molecule has 1 saturated carbocycles. The number of aliphatic hydroxyl groups excluding tert-OH is 1. The van der Waals surface area contributed by atoms with Crippen LogP contribution in [0, 0.1) is 17.8 Å². The van der Waals surface area contributed by atoms with Gasteiger partial charge in [-0.1, -0.05) is 47.5 Å². The summed E-state index contributed by atoms with van der Waals surface area (Å²) in [6.07, 6.45) is 6.58. The third-order valence-electron chi connectivity index (χ3n) is 10.1. The molecule has 0 aromatic carbocycles. The number of likely N-dealkylation sites (tertiary alicyclic amines) is 1. The van der Waals surface area contributed by atoms with Crippen molar-refractivity contribution in [1.29, 1.82) is 0 Å². The number of piperidine rings is 1. The van der Waals surface area contributed by atoms with Gasteiger partial charge in [0.2, 0.25) is 5.91 Å². The summed E-state index contributed by atoms with van der Waals surface area (Å²) in [5, 5.41) is 19.9. The molecule has 1 aromatic rings. The van der Waals surface area contributed by atoms with E-state index in [9.17, 15) is 24.3 Å². The van der Waals surface area contributed by atoms with Crippen molar-refractivity contribution in [2.75, 3.05) is 27.2 Å². The van der Waals surface area contributed by atoms with Gasteiger partial charge in [0.05, 0.1) is 19.1 Å². The van der Waals surface area contributed by atoms with Crippen LogP contribution in [0.1, 0.15) is 127 Å². The van der Waals surface area contributed by atoms with Gasteiger partial charge >= 0.3 is 11.9 Å². The normalized spacial score (nSPS) is 22.6. The number of hydrogen-bond acceptors (Lipinski definition) is 11. The van der Waals surface area contributed by atoms with E-state index in [1.165, 1.54) is 25.4 Å². The van der Waals surface area contributed by atoms with E-state index >= 15 is 0 Å². The summed E-state index contributed by atoms with van der Waals surface area (Å²) >= 11 is 1.25. The van der Waals surface area contributed by atoms with Gasteiger partial charge in [-0.05, 0) is 69.9 Å². The first-order chi connectivity index (χ1) is 23.3. The summed E-state index contributed by atoms with van der Waals surface area (Å²) in [6.45, 7) is 13.4. The van der Waals surface area contributed by atoms with Crippen LogP contribution < -0.4 is 10.6 Å². The summed E-state index contributed by atoms with van der Waals surface area (Å²) in [5.74, 6) is -1.34. The first kappa shape index (κ1) is 40.8. The van der Waals surface area contributed by atoms with Crippen molar-refractivity contribution in [2.24, 2.45) is 17.8 Å². The zero-order valence-electron chi connectivity index (χ0n) is 30.9. The van der Waals surface area contributed by atoms with E-state index in [1.807, 2.05) is 27.7 Å². The second kappa shape index (κ2) is 19.7. The molecule has 3 N–H and O–H groups in total. The maximum absolute atomic E-state index is 14.1. The van der Waals surface area contributed by atoms with Gasteiger partial charge in [-0.25, -0.2) is 4.98 Å². The van der Waals surface area contributed by atoms with Gasteiger partial charge in [-0.15, -0.1) is 11.3 Å². The molecule has 0 spiro atoms. The average Bonchev–Trinajstić information content (AvgIpc) is 3.57. The first-order valence-corrected chi connectivity index (χ1v) is 19.1. The Balaban J connectivity index is 1.71. The highest BCUT2D eigenvalue weighted by Gasteiger charge is 2.37. The Hall–Kier alpha value is -2.61. The fourth-order valence-electron chi connectivity index (χ4n) is 7.18. The predicted molar refractivity (Wildman–Crippen MR) is 190 cm³/mol. The minimum absolute atomic E-state index is 0.00970. The predicted octanol–water partition coefficient (Wildman–Crippen LogP) is 4.67. The minimum atomic E-state index is -0.837. The largest absolute Gasteiger partial charge is 0.469 e. The summed E-state index contributed by atoms with van der Waals surface area (Å²) in [7, 11) is 3.16. The monoisotopic (exact) mass is 707 g/mol. The molecule has 1 saturated heterocycles. The molecular formula is C36H61N5O7S. The van der Waals surface area contributed by atoms with Crippen LogP contribution in [-0.2, 0) is 23.9 Å². The van der Waals surface area contributed by atoms with E-state index in [0.717, 1.165) is 45.2 Å². The van der Waals surface area contributed by atoms with Crippen molar-refractivity contribution in [3.05, 3.63) is 16.1 Å². The van der Waals surface area contributed by atoms with Crippen LogP contribution in [0.5, 0.6) is 0 Å². The summed E-state index contributed by atoms with van der Waals surface area (Å²) < 4.78 is 10.6. The molecule has 5 atom stereocenters. The van der Waals surface area contributed by atoms with Gasteiger partial charge in [0, 0.05) is 43.9 Å². The van der Waals surface area contributed by atoms with Crippen molar-refractivity contribution in [3.8, 4) is 0 Å². The fourth-order valence-corrected chi connectivity index (χ4v) is 8.01. The number of aliphatic hydroxyl groups is 1. The number of amides is 2. The van der Waals surface area contributed by atoms with Crippen molar-refractivity contribution in [1.82, 2.24) is 25.4 Å². The molecule has 12 nitrogen and oxygen atoms in total. The highest BCUT2D eigenvalue weighted by Crippen LogP contribution is 2.32. The van der Waals surface area contributed by atoms with E-state index < -0.39 is 24.3 Å². The van der Waals surface area contributed by atoms with Gasteiger partial charge in [-0.2, -0.15) is 0 Å². The molecule has 2 heterocycles. The maximum Gasteiger partial charge on any atom is 0.308 e. The number of thiazole rings is 1. The lowest BCUT2D eigenvalue weighted by Crippen LogP contribution is -2.60. The van der Waals surface area contributed by atoms with Gasteiger partial charge in [0.1, 0.15) is 16.9 Å². The van der Waals surface area contributed by atoms with Crippen molar-refractivity contribution < 1.29 is 33.8 Å². The molecule has 49 heavy (non-hydrogen) atoms. The van der Waals surface area contributed by atoms with Crippen LogP contribution in [0.2, 0.25) is 0 Å². The number of carbonyl (C=O) groups excluding carboxylic acids is 4. The molecule has 3 rings (SSSR count). The Bertz CT molecular complexity index is 1220. The topological polar surface area (TPSA) is 150 Å². The zero-order valence-corrected chi connectivity index (χ0v) is 31.7. The third kappa shape index (κ3) is 11.7. The highest BCUT2D eigenvalue weighted by atomic mass is 32.1. The lowest BCUT2D eigenvalue weighted by molar-refractivity contribution is -0.149. The van der Waals surface area contributed by atoms with Crippen LogP contribution in [0.25, 0.3) is 0 Å². The zero-order chi connectivity index (χ0) is 36.2. The van der Waals surface area contributed by atoms with Crippen LogP contribution in [0.3, 0.4) is 0 Å². The molecule has 0 radical (unpaired) electrons. The number of methoxy groups -OCH3 is 1. The maximum atomic E-state index is 14.1. The SMILES string of the molecule is CCCCN1CCCC[C@@H]1C(O)N[C@H](C(=O)N(C)[C@H](C[C@@H](OC(C)=O)c1nc(C(=O)NC2CCC(C(=O)OC)CC2)cs1)C(C)C)C(C)C. The van der Waals surface area contributed by atoms with E-state index in [4.69, 9.17) is 9.47 Å². The summed E-state index contributed by atoms with van der Waals surface area (Å²) in [5.41, 5.74) is 0.242. The molecule has 2 aliphatic rings. The number of unbranched alkanes of at least 4 members (excludes halogenated alkanes) is 1. The third-order valence-corrected chi connectivity index (χ3v) is 11.1. The number of esters is 2. The van der Waals surface area contributed by atoms with E-state index in [0.29, 0.717) is 37.1 Å². The number of rotatable bonds is 17. The van der Waals surface area contributed by atoms with Crippen molar-refractivity contribution >= 4 is 35.1 Å². The van der Waals surface area contributed by atoms with E-state index in [1.54, 1.807) is 17.3 Å². The molecule has 2 fully saturated rings. The number of carbonyl (C=O) groups is 4. The molecule has 1 aliphatic heterocycles. The standard InChI is InChI=1S/C36H61N5O7S/c1-9-10-18-41-19-12-11-13-28(41)33(44)39-31(23(4)5)35(45)40(7)29(22(2)3)20-30(48-24(6)42)34-38-27(21-49-34)32(43)37-26-16-14-25(15-17-26)36(46)47-8/h21-23,25-26,28-31,33,39,44H,9-20H2,1-8H3,(H,37,43)/t25?,26?,28-,29-,30-,31+,33?/m1/s1. The fraction of sp³-hybridized carbons (Fsp3) is 0.806. The molecule has 278 valence electrons. The molecular weight excluding hydrogens is 646 g/mol. The molecule has 2 amide bonds.